The second-order valence-corrected chi connectivity index (χ2v) is 11.0. The number of hydrogen-bond donors (Lipinski definition) is 1. The Balaban J connectivity index is 0.000000297. The quantitative estimate of drug-likeness (QED) is 0.324. The smallest absolute Gasteiger partial charge is 0.172 e. The van der Waals surface area contributed by atoms with Crippen LogP contribution in [0.1, 0.15) is 94.1 Å². The molecule has 1 N–H and O–H groups in total. The van der Waals surface area contributed by atoms with Crippen molar-refractivity contribution in [1.29, 1.82) is 0 Å². The second kappa shape index (κ2) is 17.8. The molecular weight excluding hydrogens is 506 g/mol. The molecule has 1 aromatic carbocycles. The highest BCUT2D eigenvalue weighted by Crippen LogP contribution is 2.30. The van der Waals surface area contributed by atoms with Gasteiger partial charge in [0.2, 0.25) is 0 Å². The molecule has 0 bridgehead atoms. The zero-order valence-electron chi connectivity index (χ0n) is 21.6. The molecule has 4 rings (SSSR count). The van der Waals surface area contributed by atoms with Crippen LogP contribution in [0.15, 0.2) is 46.9 Å². The number of unbranched alkanes of at least 4 members (excludes halogenated alkanes) is 1. The average molecular weight is 549 g/mol. The van der Waals surface area contributed by atoms with Gasteiger partial charge in [0.1, 0.15) is 4.83 Å². The first-order valence-corrected chi connectivity index (χ1v) is 14.2. The van der Waals surface area contributed by atoms with E-state index < -0.39 is 0 Å². The third kappa shape index (κ3) is 12.2. The Kier molecular flexibility index (Phi) is 16.0. The lowest BCUT2D eigenvalue weighted by atomic mass is 9.95. The molecule has 0 atom stereocenters. The van der Waals surface area contributed by atoms with Gasteiger partial charge in [-0.3, -0.25) is 4.79 Å². The highest BCUT2D eigenvalue weighted by Gasteiger charge is 2.15. The molecule has 0 spiro atoms. The number of hydrogen-bond acceptors (Lipinski definition) is 4. The summed E-state index contributed by atoms with van der Waals surface area (Å²) in [7, 11) is 0. The third-order valence-electron chi connectivity index (χ3n) is 4.78. The number of rotatable bonds is 5. The fourth-order valence-corrected chi connectivity index (χ4v) is 4.46. The third-order valence-corrected chi connectivity index (χ3v) is 6.40. The summed E-state index contributed by atoms with van der Waals surface area (Å²) >= 11 is 4.87. The minimum absolute atomic E-state index is 0.262. The Hall–Kier alpha value is -1.56. The lowest BCUT2D eigenvalue weighted by Gasteiger charge is -2.13. The maximum Gasteiger partial charge on any atom is 0.172 e. The van der Waals surface area contributed by atoms with E-state index in [9.17, 15) is 4.79 Å². The standard InChI is InChI=1S/C15H17NOS.C6H5Br.C4H10O.C4H10/c1-2-5-13(17)14-9-11-8-10-6-3-4-7-12(10)16-15(11)18-14;7-6-4-2-1-3-5-6;1-2-3-4-5;1-4(2)3/h8-9H,2-7H2,1H3;1-5H;5H,2-4H2,1H3;4H,1-3H3. The van der Waals surface area contributed by atoms with Gasteiger partial charge >= 0.3 is 0 Å². The molecule has 0 fully saturated rings. The molecule has 0 aliphatic heterocycles. The van der Waals surface area contributed by atoms with Crippen molar-refractivity contribution in [2.24, 2.45) is 5.92 Å². The lowest BCUT2D eigenvalue weighted by molar-refractivity contribution is 0.0985. The van der Waals surface area contributed by atoms with Gasteiger partial charge in [0, 0.05) is 28.6 Å². The number of aliphatic hydroxyl groups excluding tert-OH is 1. The number of nitrogens with zero attached hydrogens (tertiary/aromatic N) is 1. The minimum Gasteiger partial charge on any atom is -0.396 e. The zero-order chi connectivity index (χ0) is 25.3. The molecular formula is C29H42BrNO2S. The topological polar surface area (TPSA) is 50.2 Å². The van der Waals surface area contributed by atoms with Crippen LogP contribution in [0.4, 0.5) is 0 Å². The SMILES string of the molecule is Brc1ccccc1.CC(C)C.CCCC(=O)c1cc2cc3c(nc2s1)CCCC3.CCCCO. The molecule has 0 unspecified atom stereocenters. The van der Waals surface area contributed by atoms with E-state index in [-0.39, 0.29) is 5.78 Å². The number of aryl methyl sites for hydroxylation is 2. The van der Waals surface area contributed by atoms with E-state index in [1.54, 1.807) is 11.3 Å². The number of aliphatic hydroxyl groups is 1. The van der Waals surface area contributed by atoms with E-state index in [2.05, 4.69) is 49.7 Å². The van der Waals surface area contributed by atoms with Gasteiger partial charge in [-0.25, -0.2) is 4.98 Å². The summed E-state index contributed by atoms with van der Waals surface area (Å²) < 4.78 is 1.13. The van der Waals surface area contributed by atoms with Crippen LogP contribution in [0.2, 0.25) is 0 Å². The molecule has 3 nitrogen and oxygen atoms in total. The molecule has 1 aliphatic carbocycles. The Morgan fingerprint density at radius 1 is 1.06 bits per heavy atom. The summed E-state index contributed by atoms with van der Waals surface area (Å²) in [6.45, 7) is 10.9. The molecule has 0 radical (unpaired) electrons. The number of pyridine rings is 1. The molecule has 0 amide bonds. The number of ketones is 1. The molecule has 2 heterocycles. The van der Waals surface area contributed by atoms with Crippen molar-refractivity contribution in [3.05, 3.63) is 63.1 Å². The van der Waals surface area contributed by atoms with Crippen LogP contribution in [0.25, 0.3) is 10.2 Å². The fraction of sp³-hybridized carbons (Fsp3) is 0.517. The monoisotopic (exact) mass is 547 g/mol. The van der Waals surface area contributed by atoms with E-state index >= 15 is 0 Å². The Morgan fingerprint density at radius 3 is 2.21 bits per heavy atom. The number of carbonyl (C=O) groups excluding carboxylic acids is 1. The molecule has 2 aromatic heterocycles. The predicted octanol–water partition coefficient (Wildman–Crippen LogP) is 9.05. The van der Waals surface area contributed by atoms with E-state index in [1.165, 1.54) is 24.1 Å². The van der Waals surface area contributed by atoms with Gasteiger partial charge in [-0.1, -0.05) is 75.2 Å². The summed E-state index contributed by atoms with van der Waals surface area (Å²) in [5.74, 6) is 1.10. The average Bonchev–Trinajstić information content (AvgIpc) is 3.22. The molecule has 188 valence electrons. The predicted molar refractivity (Wildman–Crippen MR) is 152 cm³/mol. The number of halogens is 1. The molecule has 5 heteroatoms. The second-order valence-electron chi connectivity index (χ2n) is 9.08. The maximum atomic E-state index is 11.9. The van der Waals surface area contributed by atoms with Crippen molar-refractivity contribution in [2.45, 2.75) is 86.0 Å². The Labute approximate surface area is 219 Å². The molecule has 0 saturated carbocycles. The van der Waals surface area contributed by atoms with Gasteiger partial charge in [0.25, 0.3) is 0 Å². The van der Waals surface area contributed by atoms with Crippen molar-refractivity contribution < 1.29 is 9.90 Å². The van der Waals surface area contributed by atoms with Crippen LogP contribution in [0.3, 0.4) is 0 Å². The highest BCUT2D eigenvalue weighted by atomic mass is 79.9. The molecule has 34 heavy (non-hydrogen) atoms. The van der Waals surface area contributed by atoms with Crippen LogP contribution in [0, 0.1) is 5.92 Å². The van der Waals surface area contributed by atoms with Gasteiger partial charge in [-0.15, -0.1) is 11.3 Å². The Bertz CT molecular complexity index is 906. The first kappa shape index (κ1) is 30.5. The van der Waals surface area contributed by atoms with Gasteiger partial charge in [-0.05, 0) is 74.3 Å². The molecule has 3 aromatic rings. The first-order chi connectivity index (χ1) is 16.3. The van der Waals surface area contributed by atoms with Crippen molar-refractivity contribution in [2.75, 3.05) is 6.61 Å². The normalized spacial score (nSPS) is 11.9. The van der Waals surface area contributed by atoms with Gasteiger partial charge in [0.15, 0.2) is 5.78 Å². The number of thiophene rings is 1. The highest BCUT2D eigenvalue weighted by molar-refractivity contribution is 9.10. The van der Waals surface area contributed by atoms with Crippen molar-refractivity contribution in [3.63, 3.8) is 0 Å². The van der Waals surface area contributed by atoms with Crippen LogP contribution in [-0.2, 0) is 12.8 Å². The van der Waals surface area contributed by atoms with Gasteiger partial charge in [-0.2, -0.15) is 0 Å². The van der Waals surface area contributed by atoms with Crippen LogP contribution >= 0.6 is 27.3 Å². The van der Waals surface area contributed by atoms with E-state index in [0.29, 0.717) is 13.0 Å². The maximum absolute atomic E-state index is 11.9. The number of fused-ring (bicyclic) bond motifs is 2. The number of aromatic nitrogens is 1. The fourth-order valence-electron chi connectivity index (χ4n) is 3.15. The van der Waals surface area contributed by atoms with E-state index in [4.69, 9.17) is 10.1 Å². The van der Waals surface area contributed by atoms with Crippen LogP contribution in [0.5, 0.6) is 0 Å². The number of benzene rings is 1. The van der Waals surface area contributed by atoms with E-state index in [1.807, 2.05) is 43.3 Å². The largest absolute Gasteiger partial charge is 0.396 e. The van der Waals surface area contributed by atoms with Crippen molar-refractivity contribution in [3.8, 4) is 0 Å². The molecule has 1 aliphatic rings. The summed E-state index contributed by atoms with van der Waals surface area (Å²) in [6.07, 6.45) is 8.36. The van der Waals surface area contributed by atoms with Gasteiger partial charge in [0.05, 0.1) is 4.88 Å². The number of carbonyl (C=O) groups is 1. The van der Waals surface area contributed by atoms with E-state index in [0.717, 1.165) is 57.6 Å². The molecule has 0 saturated heterocycles. The zero-order valence-corrected chi connectivity index (χ0v) is 24.0. The van der Waals surface area contributed by atoms with Gasteiger partial charge < -0.3 is 5.11 Å². The Morgan fingerprint density at radius 2 is 1.71 bits per heavy atom. The first-order valence-electron chi connectivity index (χ1n) is 12.6. The summed E-state index contributed by atoms with van der Waals surface area (Å²) in [5, 5.41) is 9.22. The van der Waals surface area contributed by atoms with Crippen molar-refractivity contribution in [1.82, 2.24) is 4.98 Å². The van der Waals surface area contributed by atoms with Crippen LogP contribution in [-0.4, -0.2) is 22.5 Å². The number of Topliss-reactive ketones (excluding diaryl/α,β-unsaturated/α-hetero) is 1. The summed E-state index contributed by atoms with van der Waals surface area (Å²) in [5.41, 5.74) is 2.64. The summed E-state index contributed by atoms with van der Waals surface area (Å²) in [6, 6.07) is 14.2. The lowest BCUT2D eigenvalue weighted by Crippen LogP contribution is -2.04. The summed E-state index contributed by atoms with van der Waals surface area (Å²) in [4.78, 5) is 18.6. The minimum atomic E-state index is 0.262. The van der Waals surface area contributed by atoms with Crippen molar-refractivity contribution >= 4 is 43.3 Å². The van der Waals surface area contributed by atoms with Crippen LogP contribution < -0.4 is 0 Å².